The Morgan fingerprint density at radius 1 is 0.841 bits per heavy atom. The minimum absolute atomic E-state index is 0.153. The molecule has 8 nitrogen and oxygen atoms in total. The summed E-state index contributed by atoms with van der Waals surface area (Å²) in [4.78, 5) is 30.4. The molecule has 0 N–H and O–H groups in total. The molecule has 0 bridgehead atoms. The molecule has 0 saturated carbocycles. The van der Waals surface area contributed by atoms with Gasteiger partial charge in [-0.25, -0.2) is 9.69 Å². The van der Waals surface area contributed by atoms with Crippen molar-refractivity contribution in [2.75, 3.05) is 18.6 Å². The molecule has 3 fully saturated rings. The monoisotopic (exact) mass is 612 g/mol. The zero-order chi connectivity index (χ0) is 31.4. The molecule has 3 aliphatic rings. The molecule has 8 heteroatoms. The van der Waals surface area contributed by atoms with Gasteiger partial charge in [-0.2, -0.15) is 0 Å². The second kappa shape index (κ2) is 17.4. The minimum atomic E-state index is -0.775. The molecule has 1 aromatic rings. The Balaban J connectivity index is 1.24. The fourth-order valence-electron chi connectivity index (χ4n) is 6.76. The van der Waals surface area contributed by atoms with Crippen molar-refractivity contribution < 1.29 is 28.5 Å². The Kier molecular flexibility index (Phi) is 13.7. The Hall–Kier alpha value is -2.26. The first-order valence-electron chi connectivity index (χ1n) is 17.2. The maximum absolute atomic E-state index is 13.9. The largest absolute Gasteiger partial charge is 0.376 e. The van der Waals surface area contributed by atoms with E-state index in [1.807, 2.05) is 36.9 Å². The first kappa shape index (κ1) is 34.6. The topological polar surface area (TPSA) is 77.5 Å². The van der Waals surface area contributed by atoms with Crippen LogP contribution in [0.15, 0.2) is 42.5 Å². The second-order valence-electron chi connectivity index (χ2n) is 13.0. The smallest absolute Gasteiger partial charge is 0.331 e. The van der Waals surface area contributed by atoms with E-state index in [-0.39, 0.29) is 18.4 Å². The molecule has 3 unspecified atom stereocenters. The summed E-state index contributed by atoms with van der Waals surface area (Å²) in [6, 6.07) is 8.41. The van der Waals surface area contributed by atoms with Crippen LogP contribution >= 0.6 is 0 Å². The summed E-state index contributed by atoms with van der Waals surface area (Å²) in [6.45, 7) is 6.52. The van der Waals surface area contributed by atoms with E-state index in [0.29, 0.717) is 12.2 Å². The number of anilines is 1. The molecule has 246 valence electrons. The second-order valence-corrected chi connectivity index (χ2v) is 13.0. The molecule has 5 atom stereocenters. The lowest BCUT2D eigenvalue weighted by atomic mass is 9.96. The van der Waals surface area contributed by atoms with Gasteiger partial charge in [-0.05, 0) is 58.1 Å². The fourth-order valence-corrected chi connectivity index (χ4v) is 6.76. The van der Waals surface area contributed by atoms with E-state index in [1.165, 1.54) is 69.1 Å². The highest BCUT2D eigenvalue weighted by atomic mass is 16.8. The van der Waals surface area contributed by atoms with Gasteiger partial charge in [0.25, 0.3) is 0 Å². The number of allylic oxidation sites excluding steroid dienone is 2. The molecule has 0 aromatic heterocycles. The van der Waals surface area contributed by atoms with Gasteiger partial charge in [-0.3, -0.25) is 4.79 Å². The number of benzene rings is 1. The highest BCUT2D eigenvalue weighted by Gasteiger charge is 2.59. The number of nitrogens with zero attached hydrogens (tertiary/aromatic N) is 2. The number of urea groups is 1. The minimum Gasteiger partial charge on any atom is -0.376 e. The summed E-state index contributed by atoms with van der Waals surface area (Å²) in [5, 5.41) is 0. The van der Waals surface area contributed by atoms with Crippen molar-refractivity contribution in [2.24, 2.45) is 0 Å². The lowest BCUT2D eigenvalue weighted by Gasteiger charge is -2.43. The Morgan fingerprint density at radius 3 is 2.09 bits per heavy atom. The number of methoxy groups -OCH3 is 1. The maximum Gasteiger partial charge on any atom is 0.331 e. The average Bonchev–Trinajstić information content (AvgIpc) is 3.49. The first-order chi connectivity index (χ1) is 21.4. The SMILES string of the molecule is CCCCCCCC/C=C\CCCCCCCCN1C(=O)N(c2ccccc2)C(=O)C[C@H]1C1OC2OC(C)(C)OC2[C@H]1OC. The molecule has 0 spiro atoms. The number of fused-ring (bicyclic) bond motifs is 1. The molecule has 1 aromatic carbocycles. The van der Waals surface area contributed by atoms with Crippen molar-refractivity contribution in [3.8, 4) is 0 Å². The maximum atomic E-state index is 13.9. The third-order valence-corrected chi connectivity index (χ3v) is 9.07. The molecule has 0 aliphatic carbocycles. The van der Waals surface area contributed by atoms with Crippen molar-refractivity contribution in [2.45, 2.75) is 154 Å². The number of carbonyl (C=O) groups excluding carboxylic acids is 2. The summed E-state index contributed by atoms with van der Waals surface area (Å²) in [7, 11) is 1.62. The van der Waals surface area contributed by atoms with Gasteiger partial charge < -0.3 is 23.8 Å². The summed E-state index contributed by atoms with van der Waals surface area (Å²) >= 11 is 0. The Morgan fingerprint density at radius 2 is 1.45 bits per heavy atom. The van der Waals surface area contributed by atoms with Crippen LogP contribution in [0.4, 0.5) is 10.5 Å². The third kappa shape index (κ3) is 9.38. The van der Waals surface area contributed by atoms with Crippen molar-refractivity contribution in [3.63, 3.8) is 0 Å². The van der Waals surface area contributed by atoms with E-state index in [4.69, 9.17) is 18.9 Å². The normalized spacial score (nSPS) is 26.7. The summed E-state index contributed by atoms with van der Waals surface area (Å²) in [5.74, 6) is -1.01. The van der Waals surface area contributed by atoms with Gasteiger partial charge in [-0.1, -0.05) is 95.1 Å². The van der Waals surface area contributed by atoms with Crippen LogP contribution in [0.1, 0.15) is 117 Å². The van der Waals surface area contributed by atoms with Crippen LogP contribution in [0.3, 0.4) is 0 Å². The van der Waals surface area contributed by atoms with Gasteiger partial charge in [0, 0.05) is 13.7 Å². The highest BCUT2D eigenvalue weighted by molar-refractivity contribution is 6.16. The zero-order valence-corrected chi connectivity index (χ0v) is 27.6. The number of carbonyl (C=O) groups is 2. The van der Waals surface area contributed by atoms with E-state index in [2.05, 4.69) is 19.1 Å². The lowest BCUT2D eigenvalue weighted by molar-refractivity contribution is -0.223. The number of rotatable bonds is 19. The van der Waals surface area contributed by atoms with Crippen molar-refractivity contribution in [1.29, 1.82) is 0 Å². The fraction of sp³-hybridized carbons (Fsp3) is 0.722. The summed E-state index contributed by atoms with van der Waals surface area (Å²) < 4.78 is 24.2. The molecule has 3 saturated heterocycles. The quantitative estimate of drug-likeness (QED) is 0.116. The van der Waals surface area contributed by atoms with Gasteiger partial charge in [-0.15, -0.1) is 0 Å². The summed E-state index contributed by atoms with van der Waals surface area (Å²) in [6.07, 6.45) is 20.1. The van der Waals surface area contributed by atoms with Crippen LogP contribution in [0.5, 0.6) is 0 Å². The van der Waals surface area contributed by atoms with E-state index < -0.39 is 36.4 Å². The standard InChI is InChI=1S/C36H56N2O6/c1-5-6-7-8-9-10-11-12-13-14-15-16-17-18-19-23-26-37-29(27-30(39)38(35(37)40)28-24-21-20-22-25-28)31-32(41-4)33-34(42-31)44-36(2,3)43-33/h12-13,20-22,24-25,29,31-34H,5-11,14-19,23,26-27H2,1-4H3/b13-12-/t29-,31?,32-,33?,34?/m0/s1. The Bertz CT molecular complexity index is 1050. The molecule has 0 radical (unpaired) electrons. The highest BCUT2D eigenvalue weighted by Crippen LogP contribution is 2.42. The zero-order valence-electron chi connectivity index (χ0n) is 27.6. The number of hydrogen-bond acceptors (Lipinski definition) is 6. The first-order valence-corrected chi connectivity index (χ1v) is 17.2. The summed E-state index contributed by atoms with van der Waals surface area (Å²) in [5.41, 5.74) is 0.591. The predicted molar refractivity (Wildman–Crippen MR) is 173 cm³/mol. The van der Waals surface area contributed by atoms with Gasteiger partial charge in [0.15, 0.2) is 12.1 Å². The molecule has 3 heterocycles. The van der Waals surface area contributed by atoms with E-state index in [0.717, 1.165) is 25.7 Å². The molecule has 44 heavy (non-hydrogen) atoms. The van der Waals surface area contributed by atoms with E-state index >= 15 is 0 Å². The molecule has 4 rings (SSSR count). The number of para-hydroxylation sites is 1. The van der Waals surface area contributed by atoms with Crippen LogP contribution in [-0.4, -0.2) is 66.9 Å². The Labute approximate surface area is 265 Å². The van der Waals surface area contributed by atoms with Gasteiger partial charge in [0.05, 0.1) is 18.2 Å². The van der Waals surface area contributed by atoms with E-state index in [9.17, 15) is 9.59 Å². The van der Waals surface area contributed by atoms with Gasteiger partial charge in [0.2, 0.25) is 5.91 Å². The van der Waals surface area contributed by atoms with Crippen LogP contribution < -0.4 is 4.90 Å². The van der Waals surface area contributed by atoms with Crippen LogP contribution in [0.2, 0.25) is 0 Å². The van der Waals surface area contributed by atoms with E-state index in [1.54, 1.807) is 19.2 Å². The molecular formula is C36H56N2O6. The van der Waals surface area contributed by atoms with Crippen molar-refractivity contribution in [1.82, 2.24) is 4.90 Å². The average molecular weight is 613 g/mol. The van der Waals surface area contributed by atoms with Gasteiger partial charge in [0.1, 0.15) is 18.3 Å². The van der Waals surface area contributed by atoms with Crippen LogP contribution in [0, 0.1) is 0 Å². The molecule has 3 amide bonds. The molecule has 3 aliphatic heterocycles. The third-order valence-electron chi connectivity index (χ3n) is 9.07. The number of unbranched alkanes of at least 4 members (excludes halogenated alkanes) is 12. The lowest BCUT2D eigenvalue weighted by Crippen LogP contribution is -2.62. The van der Waals surface area contributed by atoms with Crippen molar-refractivity contribution in [3.05, 3.63) is 42.5 Å². The molecular weight excluding hydrogens is 556 g/mol. The predicted octanol–water partition coefficient (Wildman–Crippen LogP) is 8.14. The van der Waals surface area contributed by atoms with Crippen LogP contribution in [0.25, 0.3) is 0 Å². The number of hydrogen-bond donors (Lipinski definition) is 0. The van der Waals surface area contributed by atoms with Crippen molar-refractivity contribution >= 4 is 17.6 Å². The van der Waals surface area contributed by atoms with Crippen LogP contribution in [-0.2, 0) is 23.7 Å². The number of amides is 3. The van der Waals surface area contributed by atoms with Gasteiger partial charge >= 0.3 is 6.03 Å². The number of ether oxygens (including phenoxy) is 4. The number of imide groups is 1.